The molecule has 0 fully saturated rings. The quantitative estimate of drug-likeness (QED) is 0.639. The molecular weight excluding hydrogens is 312 g/mol. The molecule has 0 saturated carbocycles. The van der Waals surface area contributed by atoms with Crippen molar-refractivity contribution in [3.8, 4) is 5.75 Å². The van der Waals surface area contributed by atoms with Gasteiger partial charge < -0.3 is 13.6 Å². The van der Waals surface area contributed by atoms with Gasteiger partial charge in [-0.15, -0.1) is 0 Å². The summed E-state index contributed by atoms with van der Waals surface area (Å²) < 4.78 is 15.8. The van der Waals surface area contributed by atoms with Gasteiger partial charge in [-0.25, -0.2) is 4.79 Å². The Labute approximate surface area is 135 Å². The lowest BCUT2D eigenvalue weighted by atomic mass is 9.87. The number of fused-ring (bicyclic) bond motifs is 2. The van der Waals surface area contributed by atoms with Crippen molar-refractivity contribution in [3.05, 3.63) is 74.1 Å². The van der Waals surface area contributed by atoms with Gasteiger partial charge in [0, 0.05) is 17.5 Å². The molecule has 3 aromatic rings. The highest BCUT2D eigenvalue weighted by atomic mass is 16.5. The molecule has 0 N–H and O–H groups in total. The van der Waals surface area contributed by atoms with E-state index in [1.807, 2.05) is 0 Å². The maximum Gasteiger partial charge on any atom is 0.343 e. The molecule has 1 aromatic carbocycles. The van der Waals surface area contributed by atoms with Crippen molar-refractivity contribution in [2.45, 2.75) is 19.3 Å². The number of benzene rings is 1. The average Bonchev–Trinajstić information content (AvgIpc) is 2.54. The number of esters is 1. The second-order valence-corrected chi connectivity index (χ2v) is 5.67. The van der Waals surface area contributed by atoms with E-state index in [1.165, 1.54) is 12.3 Å². The average molecular weight is 324 g/mol. The fourth-order valence-electron chi connectivity index (χ4n) is 3.02. The predicted molar refractivity (Wildman–Crippen MR) is 84.3 cm³/mol. The second kappa shape index (κ2) is 5.19. The van der Waals surface area contributed by atoms with Crippen LogP contribution < -0.4 is 15.8 Å². The largest absolute Gasteiger partial charge is 0.464 e. The number of hydrogen-bond acceptors (Lipinski definition) is 6. The van der Waals surface area contributed by atoms with Crippen LogP contribution in [0.3, 0.4) is 0 Å². The molecule has 0 unspecified atom stereocenters. The van der Waals surface area contributed by atoms with Crippen molar-refractivity contribution >= 4 is 16.9 Å². The molecule has 0 aliphatic carbocycles. The molecule has 1 atom stereocenters. The van der Waals surface area contributed by atoms with Crippen LogP contribution >= 0.6 is 0 Å². The van der Waals surface area contributed by atoms with Gasteiger partial charge in [-0.05, 0) is 19.1 Å². The van der Waals surface area contributed by atoms with Gasteiger partial charge in [-0.2, -0.15) is 0 Å². The van der Waals surface area contributed by atoms with Gasteiger partial charge in [0.2, 0.25) is 0 Å². The van der Waals surface area contributed by atoms with E-state index >= 15 is 0 Å². The summed E-state index contributed by atoms with van der Waals surface area (Å²) >= 11 is 0. The highest BCUT2D eigenvalue weighted by Crippen LogP contribution is 2.36. The van der Waals surface area contributed by atoms with Crippen LogP contribution in [-0.2, 0) is 4.79 Å². The summed E-state index contributed by atoms with van der Waals surface area (Å²) in [6.07, 6.45) is 1.18. The van der Waals surface area contributed by atoms with Crippen LogP contribution in [0, 0.1) is 6.92 Å². The van der Waals surface area contributed by atoms with Crippen LogP contribution in [0.25, 0.3) is 11.0 Å². The second-order valence-electron chi connectivity index (χ2n) is 5.67. The number of carbonyl (C=O) groups is 1. The molecule has 0 saturated heterocycles. The Morgan fingerprint density at radius 2 is 1.92 bits per heavy atom. The lowest BCUT2D eigenvalue weighted by Gasteiger charge is -2.22. The standard InChI is InChI=1S/C18H12O6/c1-9-6-14-16(18(21)23-9)11(7-15(19)24-14)12-8-22-13-5-3-2-4-10(13)17(12)20/h2-6,8,11H,7H2,1H3/t11-/m0/s1. The van der Waals surface area contributed by atoms with Crippen LogP contribution in [0.4, 0.5) is 0 Å². The van der Waals surface area contributed by atoms with Gasteiger partial charge in [0.25, 0.3) is 0 Å². The van der Waals surface area contributed by atoms with Crippen molar-refractivity contribution in [1.82, 2.24) is 0 Å². The van der Waals surface area contributed by atoms with Crippen LogP contribution in [0.5, 0.6) is 5.75 Å². The predicted octanol–water partition coefficient (Wildman–Crippen LogP) is 2.50. The minimum atomic E-state index is -0.751. The summed E-state index contributed by atoms with van der Waals surface area (Å²) in [7, 11) is 0. The van der Waals surface area contributed by atoms with Crippen molar-refractivity contribution in [1.29, 1.82) is 0 Å². The number of rotatable bonds is 1. The van der Waals surface area contributed by atoms with Gasteiger partial charge in [0.1, 0.15) is 17.1 Å². The van der Waals surface area contributed by atoms with Crippen LogP contribution in [0.1, 0.15) is 29.2 Å². The molecule has 1 aliphatic heterocycles. The third-order valence-electron chi connectivity index (χ3n) is 4.10. The Kier molecular flexibility index (Phi) is 3.13. The Morgan fingerprint density at radius 3 is 2.75 bits per heavy atom. The zero-order valence-electron chi connectivity index (χ0n) is 12.7. The number of hydrogen-bond donors (Lipinski definition) is 0. The molecule has 4 rings (SSSR count). The molecule has 6 heteroatoms. The van der Waals surface area contributed by atoms with E-state index in [0.717, 1.165) is 0 Å². The first kappa shape index (κ1) is 14.4. The van der Waals surface area contributed by atoms with Crippen molar-refractivity contribution < 1.29 is 18.4 Å². The van der Waals surface area contributed by atoms with E-state index in [1.54, 1.807) is 31.2 Å². The maximum atomic E-state index is 12.8. The van der Waals surface area contributed by atoms with E-state index in [-0.39, 0.29) is 28.7 Å². The molecule has 3 heterocycles. The molecular formula is C18H12O6. The summed E-state index contributed by atoms with van der Waals surface area (Å²) in [4.78, 5) is 37.0. The Morgan fingerprint density at radius 1 is 1.12 bits per heavy atom. The highest BCUT2D eigenvalue weighted by Gasteiger charge is 2.34. The van der Waals surface area contributed by atoms with Crippen molar-refractivity contribution in [2.75, 3.05) is 0 Å². The van der Waals surface area contributed by atoms with E-state index in [4.69, 9.17) is 13.6 Å². The van der Waals surface area contributed by atoms with Gasteiger partial charge >= 0.3 is 11.6 Å². The highest BCUT2D eigenvalue weighted by molar-refractivity contribution is 5.79. The first-order chi connectivity index (χ1) is 11.5. The molecule has 0 radical (unpaired) electrons. The zero-order valence-corrected chi connectivity index (χ0v) is 12.7. The van der Waals surface area contributed by atoms with Crippen LogP contribution in [0.15, 0.2) is 55.0 Å². The topological polar surface area (TPSA) is 86.7 Å². The number of ether oxygens (including phenoxy) is 1. The van der Waals surface area contributed by atoms with Crippen molar-refractivity contribution in [3.63, 3.8) is 0 Å². The van der Waals surface area contributed by atoms with Gasteiger partial charge in [0.05, 0.1) is 23.6 Å². The summed E-state index contributed by atoms with van der Waals surface area (Å²) in [5, 5.41) is 0.395. The van der Waals surface area contributed by atoms with Crippen molar-refractivity contribution in [2.24, 2.45) is 0 Å². The van der Waals surface area contributed by atoms with Gasteiger partial charge in [-0.3, -0.25) is 9.59 Å². The Hall–Kier alpha value is -3.15. The summed E-state index contributed by atoms with van der Waals surface area (Å²) in [6, 6.07) is 8.29. The zero-order chi connectivity index (χ0) is 16.8. The van der Waals surface area contributed by atoms with Crippen LogP contribution in [-0.4, -0.2) is 5.97 Å². The monoisotopic (exact) mass is 324 g/mol. The van der Waals surface area contributed by atoms with E-state index in [0.29, 0.717) is 16.7 Å². The summed E-state index contributed by atoms with van der Waals surface area (Å²) in [5.74, 6) is -0.792. The Bertz CT molecular complexity index is 1090. The number of aryl methyl sites for hydroxylation is 1. The lowest BCUT2D eigenvalue weighted by Crippen LogP contribution is -2.29. The maximum absolute atomic E-state index is 12.8. The molecule has 2 aromatic heterocycles. The Balaban J connectivity index is 1.99. The fourth-order valence-corrected chi connectivity index (χ4v) is 3.02. The normalized spacial score (nSPS) is 16.7. The first-order valence-electron chi connectivity index (χ1n) is 7.40. The molecule has 24 heavy (non-hydrogen) atoms. The molecule has 1 aliphatic rings. The van der Waals surface area contributed by atoms with E-state index in [9.17, 15) is 14.4 Å². The minimum absolute atomic E-state index is 0.121. The first-order valence-corrected chi connectivity index (χ1v) is 7.40. The molecule has 0 amide bonds. The van der Waals surface area contributed by atoms with E-state index < -0.39 is 17.5 Å². The van der Waals surface area contributed by atoms with E-state index in [2.05, 4.69) is 0 Å². The van der Waals surface area contributed by atoms with Gasteiger partial charge in [-0.1, -0.05) is 12.1 Å². The molecule has 0 bridgehead atoms. The summed E-state index contributed by atoms with van der Waals surface area (Å²) in [5.41, 5.74) is -0.0381. The third-order valence-corrected chi connectivity index (χ3v) is 4.10. The molecule has 120 valence electrons. The molecule has 0 spiro atoms. The minimum Gasteiger partial charge on any atom is -0.464 e. The summed E-state index contributed by atoms with van der Waals surface area (Å²) in [6.45, 7) is 1.59. The SMILES string of the molecule is Cc1cc2c(c(=O)o1)[C@H](c1coc3ccccc3c1=O)CC(=O)O2. The van der Waals surface area contributed by atoms with Crippen LogP contribution in [0.2, 0.25) is 0 Å². The number of carbonyl (C=O) groups excluding carboxylic acids is 1. The lowest BCUT2D eigenvalue weighted by molar-refractivity contribution is -0.135. The fraction of sp³-hybridized carbons (Fsp3) is 0.167. The van der Waals surface area contributed by atoms with Gasteiger partial charge in [0.15, 0.2) is 5.43 Å². The number of para-hydroxylation sites is 1. The third kappa shape index (κ3) is 2.15. The smallest absolute Gasteiger partial charge is 0.343 e. The molecule has 6 nitrogen and oxygen atoms in total.